The number of amides is 3. The van der Waals surface area contributed by atoms with Gasteiger partial charge in [0.05, 0.1) is 29.0 Å². The fraction of sp³-hybridized carbons (Fsp3) is 0.436. The summed E-state index contributed by atoms with van der Waals surface area (Å²) in [6.45, 7) is 0.490. The van der Waals surface area contributed by atoms with Crippen LogP contribution in [0.1, 0.15) is 60.7 Å². The van der Waals surface area contributed by atoms with Crippen molar-refractivity contribution in [1.29, 1.82) is 5.41 Å². The number of para-hydroxylation sites is 1. The molecule has 2 aromatic heterocycles. The van der Waals surface area contributed by atoms with Crippen LogP contribution in [0.2, 0.25) is 0 Å². The van der Waals surface area contributed by atoms with Gasteiger partial charge in [-0.05, 0) is 80.5 Å². The highest BCUT2D eigenvalue weighted by atomic mass is 19.4. The lowest BCUT2D eigenvalue weighted by Gasteiger charge is -2.67. The van der Waals surface area contributed by atoms with Gasteiger partial charge in [0.25, 0.3) is 11.8 Å². The van der Waals surface area contributed by atoms with Crippen LogP contribution in [0.3, 0.4) is 0 Å². The minimum atomic E-state index is -4.69. The molecule has 3 amide bonds. The number of hydrogen-bond acceptors (Lipinski definition) is 9. The summed E-state index contributed by atoms with van der Waals surface area (Å²) in [7, 11) is 1.56. The van der Waals surface area contributed by atoms with Crippen molar-refractivity contribution in [2.24, 2.45) is 13.0 Å². The molecule has 3 aromatic rings. The van der Waals surface area contributed by atoms with Gasteiger partial charge < -0.3 is 20.9 Å². The molecule has 4 N–H and O–H groups in total. The summed E-state index contributed by atoms with van der Waals surface area (Å²) in [5, 5.41) is 16.5. The number of alkyl halides is 5. The summed E-state index contributed by atoms with van der Waals surface area (Å²) in [6.07, 6.45) is 5.12. The minimum absolute atomic E-state index is 0.0914. The second kappa shape index (κ2) is 14.1. The molecule has 1 aromatic carbocycles. The van der Waals surface area contributed by atoms with E-state index in [1.165, 1.54) is 27.4 Å². The molecule has 2 aliphatic carbocycles. The lowest BCUT2D eigenvalue weighted by atomic mass is 9.72. The first-order chi connectivity index (χ1) is 27.0. The lowest BCUT2D eigenvalue weighted by molar-refractivity contribution is -0.186. The lowest BCUT2D eigenvalue weighted by Crippen LogP contribution is -2.88. The number of anilines is 1. The van der Waals surface area contributed by atoms with E-state index in [2.05, 4.69) is 25.8 Å². The molecule has 13 nitrogen and oxygen atoms in total. The molecule has 1 unspecified atom stereocenters. The van der Waals surface area contributed by atoms with Crippen LogP contribution in [-0.4, -0.2) is 86.1 Å². The monoisotopic (exact) mass is 793 g/mol. The molecule has 57 heavy (non-hydrogen) atoms. The van der Waals surface area contributed by atoms with Crippen LogP contribution in [0.4, 0.5) is 27.6 Å². The summed E-state index contributed by atoms with van der Waals surface area (Å²) in [5.41, 5.74) is -1.08. The highest BCUT2D eigenvalue weighted by Gasteiger charge is 2.72. The Labute approximate surface area is 322 Å². The van der Waals surface area contributed by atoms with Gasteiger partial charge in [0.15, 0.2) is 0 Å². The first-order valence-electron chi connectivity index (χ1n) is 18.8. The maximum absolute atomic E-state index is 15.5. The van der Waals surface area contributed by atoms with Crippen LogP contribution in [-0.2, 0) is 22.8 Å². The fourth-order valence-electron chi connectivity index (χ4n) is 8.77. The van der Waals surface area contributed by atoms with Crippen LogP contribution in [0.15, 0.2) is 76.9 Å². The maximum atomic E-state index is 15.5. The van der Waals surface area contributed by atoms with Crippen LogP contribution in [0, 0.1) is 11.3 Å². The van der Waals surface area contributed by atoms with E-state index >= 15 is 8.78 Å². The summed E-state index contributed by atoms with van der Waals surface area (Å²) in [5.74, 6) is -4.43. The van der Waals surface area contributed by atoms with Crippen LogP contribution >= 0.6 is 0 Å². The number of likely N-dealkylation sites (tertiary alicyclic amines) is 1. The average Bonchev–Trinajstić information content (AvgIpc) is 3.41. The number of piperidine rings is 1. The Morgan fingerprint density at radius 3 is 2.46 bits per heavy atom. The number of fused-ring (bicyclic) bond motifs is 1. The molecule has 3 aliphatic heterocycles. The number of imide groups is 1. The van der Waals surface area contributed by atoms with E-state index in [0.29, 0.717) is 40.5 Å². The number of nitrogens with one attached hydrogen (secondary N) is 4. The van der Waals surface area contributed by atoms with Gasteiger partial charge in [-0.25, -0.2) is 18.6 Å². The molecule has 1 atom stereocenters. The number of carbonyl (C=O) groups is 3. The van der Waals surface area contributed by atoms with Gasteiger partial charge >= 0.3 is 11.9 Å². The molecule has 5 heterocycles. The molecular formula is C39H40F5N9O4. The van der Waals surface area contributed by atoms with Gasteiger partial charge in [0, 0.05) is 56.6 Å². The van der Waals surface area contributed by atoms with Crippen LogP contribution in [0.5, 0.6) is 0 Å². The molecule has 300 valence electrons. The van der Waals surface area contributed by atoms with Gasteiger partial charge in [-0.15, -0.1) is 0 Å². The Bertz CT molecular complexity index is 2330. The molecule has 0 bridgehead atoms. The molecule has 1 spiro atoms. The molecule has 18 heteroatoms. The van der Waals surface area contributed by atoms with Gasteiger partial charge in [-0.3, -0.25) is 33.7 Å². The number of rotatable bonds is 8. The molecule has 5 aliphatic rings. The van der Waals surface area contributed by atoms with Crippen LogP contribution in [0.25, 0.3) is 11.0 Å². The Morgan fingerprint density at radius 1 is 1.02 bits per heavy atom. The van der Waals surface area contributed by atoms with Crippen molar-refractivity contribution >= 4 is 40.2 Å². The second-order valence-electron chi connectivity index (χ2n) is 15.5. The molecule has 4 fully saturated rings. The Morgan fingerprint density at radius 2 is 1.75 bits per heavy atom. The minimum Gasteiger partial charge on any atom is -0.388 e. The van der Waals surface area contributed by atoms with Crippen molar-refractivity contribution in [2.75, 3.05) is 31.1 Å². The zero-order valence-corrected chi connectivity index (χ0v) is 30.8. The standard InChI is InChI=1S/C39H40F5N9O4/c1-50-33-28(5-3-6-29(33)53(36(50)57)30-14-15-32(54)49-35(30)56)52-21-38(40,41)37(52)19-51(20-37)18-22-8-10-24(11-9-22)46-17-23-16-25(12-13-26(23)45)47-34(55)27-4-2-7-31(48-27)39(42,43)44/h2-7,12-13,16-17,22,24,30,45-46H,8-11,14-15,18-21H2,1H3,(H,47,55)(H,49,54,56)/b23-17-,45-26?/t22-,24-,30?. The van der Waals surface area contributed by atoms with Crippen molar-refractivity contribution in [3.05, 3.63) is 94.0 Å². The SMILES string of the molecule is Cn1c(=O)n(C2CCC(=O)NC2=O)c2cccc(N3CC(F)(F)C34CN(C[C@H]3CC[C@H](N/C=C5/C=C(NC(=O)c6cccc(C(F)(F)F)n6)C=CC5=N)CC3)C4)c21. The van der Waals surface area contributed by atoms with Crippen molar-refractivity contribution < 1.29 is 36.3 Å². The van der Waals surface area contributed by atoms with E-state index in [9.17, 15) is 32.3 Å². The third-order valence-corrected chi connectivity index (χ3v) is 11.8. The van der Waals surface area contributed by atoms with E-state index in [-0.39, 0.29) is 37.7 Å². The number of carbonyl (C=O) groups excluding carboxylic acids is 3. The topological polar surface area (TPSA) is 157 Å². The predicted molar refractivity (Wildman–Crippen MR) is 199 cm³/mol. The van der Waals surface area contributed by atoms with Gasteiger partial charge in [-0.2, -0.15) is 13.2 Å². The third kappa shape index (κ3) is 6.82. The average molecular weight is 794 g/mol. The smallest absolute Gasteiger partial charge is 0.388 e. The number of aryl methyl sites for hydroxylation is 1. The van der Waals surface area contributed by atoms with E-state index in [4.69, 9.17) is 5.41 Å². The van der Waals surface area contributed by atoms with E-state index in [0.717, 1.165) is 37.8 Å². The van der Waals surface area contributed by atoms with E-state index in [1.807, 2.05) is 0 Å². The molecule has 8 rings (SSSR count). The molecule has 3 saturated heterocycles. The number of benzene rings is 1. The summed E-state index contributed by atoms with van der Waals surface area (Å²) in [4.78, 5) is 57.7. The normalized spacial score (nSPS) is 25.3. The van der Waals surface area contributed by atoms with Gasteiger partial charge in [-0.1, -0.05) is 12.1 Å². The third-order valence-electron chi connectivity index (χ3n) is 11.8. The first-order valence-corrected chi connectivity index (χ1v) is 18.8. The largest absolute Gasteiger partial charge is 0.433 e. The van der Waals surface area contributed by atoms with Crippen molar-refractivity contribution in [3.63, 3.8) is 0 Å². The fourth-order valence-corrected chi connectivity index (χ4v) is 8.77. The number of hydrogen-bond donors (Lipinski definition) is 4. The van der Waals surface area contributed by atoms with Gasteiger partial charge in [0.1, 0.15) is 23.0 Å². The first kappa shape index (κ1) is 38.2. The van der Waals surface area contributed by atoms with E-state index < -0.39 is 65.0 Å². The van der Waals surface area contributed by atoms with Crippen molar-refractivity contribution in [3.8, 4) is 0 Å². The summed E-state index contributed by atoms with van der Waals surface area (Å²) in [6, 6.07) is 7.42. The highest BCUT2D eigenvalue weighted by Crippen LogP contribution is 2.53. The number of halogens is 5. The predicted octanol–water partition coefficient (Wildman–Crippen LogP) is 4.18. The second-order valence-corrected chi connectivity index (χ2v) is 15.5. The maximum Gasteiger partial charge on any atom is 0.433 e. The zero-order chi connectivity index (χ0) is 40.4. The van der Waals surface area contributed by atoms with Crippen molar-refractivity contribution in [2.45, 2.75) is 68.2 Å². The number of allylic oxidation sites excluding steroid dienone is 4. The summed E-state index contributed by atoms with van der Waals surface area (Å²) >= 11 is 0. The Balaban J connectivity index is 0.869. The highest BCUT2D eigenvalue weighted by molar-refractivity contribution is 6.10. The van der Waals surface area contributed by atoms with E-state index in [1.54, 1.807) is 42.4 Å². The number of imidazole rings is 1. The van der Waals surface area contributed by atoms with Crippen LogP contribution < -0.4 is 26.5 Å². The summed E-state index contributed by atoms with van der Waals surface area (Å²) < 4.78 is 72.9. The Kier molecular flexibility index (Phi) is 9.44. The quantitative estimate of drug-likeness (QED) is 0.196. The number of aromatic nitrogens is 3. The zero-order valence-electron chi connectivity index (χ0n) is 30.8. The molecule has 0 radical (unpaired) electrons. The van der Waals surface area contributed by atoms with Gasteiger partial charge in [0.2, 0.25) is 11.8 Å². The molecule has 1 saturated carbocycles. The number of pyridine rings is 1. The van der Waals surface area contributed by atoms with Crippen molar-refractivity contribution in [1.82, 2.24) is 35.0 Å². The molecular weight excluding hydrogens is 753 g/mol. The Hall–Kier alpha value is -5.65. The number of nitrogens with zero attached hydrogens (tertiary/aromatic N) is 5.